The van der Waals surface area contributed by atoms with Gasteiger partial charge < -0.3 is 10.2 Å². The van der Waals surface area contributed by atoms with Gasteiger partial charge in [-0.2, -0.15) is 0 Å². The van der Waals surface area contributed by atoms with E-state index in [1.54, 1.807) is 0 Å². The fourth-order valence-electron chi connectivity index (χ4n) is 1.22. The average molecular weight is 243 g/mol. The molecular formula is C10H17N3O2S. The molecule has 0 bridgehead atoms. The summed E-state index contributed by atoms with van der Waals surface area (Å²) in [7, 11) is 0.537. The lowest BCUT2D eigenvalue weighted by atomic mass is 10.2. The predicted molar refractivity (Wildman–Crippen MR) is 67.2 cm³/mol. The van der Waals surface area contributed by atoms with Crippen LogP contribution in [0.2, 0.25) is 0 Å². The van der Waals surface area contributed by atoms with Crippen molar-refractivity contribution in [2.45, 2.75) is 0 Å². The van der Waals surface area contributed by atoms with Crippen molar-refractivity contribution in [1.29, 1.82) is 0 Å². The van der Waals surface area contributed by atoms with E-state index < -0.39 is 10.0 Å². The topological polar surface area (TPSA) is 75.4 Å². The lowest BCUT2D eigenvalue weighted by Crippen LogP contribution is -2.22. The van der Waals surface area contributed by atoms with E-state index in [4.69, 9.17) is 5.14 Å². The molecule has 6 heteroatoms. The maximum absolute atomic E-state index is 10.7. The largest absolute Gasteiger partial charge is 0.384 e. The van der Waals surface area contributed by atoms with Crippen molar-refractivity contribution in [3.05, 3.63) is 24.3 Å². The van der Waals surface area contributed by atoms with Gasteiger partial charge in [-0.15, -0.1) is 0 Å². The Kier molecular flexibility index (Phi) is 4.14. The third-order valence-electron chi connectivity index (χ3n) is 2.10. The first kappa shape index (κ1) is 12.8. The molecule has 1 rings (SSSR count). The van der Waals surface area contributed by atoms with Crippen LogP contribution >= 0.6 is 0 Å². The van der Waals surface area contributed by atoms with Crippen LogP contribution in [0.3, 0.4) is 0 Å². The summed E-state index contributed by atoms with van der Waals surface area (Å²) >= 11 is 0. The van der Waals surface area contributed by atoms with Crippen LogP contribution in [0.4, 0.5) is 11.4 Å². The highest BCUT2D eigenvalue weighted by molar-refractivity contribution is 7.89. The molecule has 0 aliphatic carbocycles. The summed E-state index contributed by atoms with van der Waals surface area (Å²) in [4.78, 5) is 1.99. The van der Waals surface area contributed by atoms with Crippen molar-refractivity contribution in [1.82, 2.24) is 0 Å². The molecule has 0 aliphatic heterocycles. The number of sulfonamides is 1. The maximum Gasteiger partial charge on any atom is 0.210 e. The van der Waals surface area contributed by atoms with Gasteiger partial charge in [-0.05, 0) is 24.3 Å². The molecule has 0 saturated heterocycles. The molecular weight excluding hydrogens is 226 g/mol. The van der Waals surface area contributed by atoms with E-state index in [0.29, 0.717) is 6.54 Å². The van der Waals surface area contributed by atoms with Crippen LogP contribution in [0.15, 0.2) is 24.3 Å². The molecule has 1 aromatic rings. The summed E-state index contributed by atoms with van der Waals surface area (Å²) in [6, 6.07) is 7.72. The smallest absolute Gasteiger partial charge is 0.210 e. The van der Waals surface area contributed by atoms with Crippen molar-refractivity contribution in [3.63, 3.8) is 0 Å². The van der Waals surface area contributed by atoms with Crippen molar-refractivity contribution < 1.29 is 8.42 Å². The zero-order valence-corrected chi connectivity index (χ0v) is 10.3. The minimum Gasteiger partial charge on any atom is -0.384 e. The Morgan fingerprint density at radius 3 is 2.25 bits per heavy atom. The van der Waals surface area contributed by atoms with Gasteiger partial charge in [-0.3, -0.25) is 0 Å². The van der Waals surface area contributed by atoms with Gasteiger partial charge in [0.25, 0.3) is 0 Å². The van der Waals surface area contributed by atoms with E-state index in [2.05, 4.69) is 5.32 Å². The van der Waals surface area contributed by atoms with Gasteiger partial charge in [0.1, 0.15) is 0 Å². The summed E-state index contributed by atoms with van der Waals surface area (Å²) in [5, 5.41) is 7.88. The first-order chi connectivity index (χ1) is 7.38. The molecule has 0 aromatic heterocycles. The molecule has 0 radical (unpaired) electrons. The fraction of sp³-hybridized carbons (Fsp3) is 0.400. The van der Waals surface area contributed by atoms with E-state index in [9.17, 15) is 8.42 Å². The van der Waals surface area contributed by atoms with Crippen LogP contribution in [0.5, 0.6) is 0 Å². The molecule has 16 heavy (non-hydrogen) atoms. The number of nitrogens with one attached hydrogen (secondary N) is 1. The molecule has 5 nitrogen and oxygen atoms in total. The number of hydrogen-bond donors (Lipinski definition) is 2. The number of anilines is 2. The Balaban J connectivity index is 2.50. The molecule has 1 aromatic carbocycles. The summed E-state index contributed by atoms with van der Waals surface area (Å²) in [5.41, 5.74) is 1.98. The summed E-state index contributed by atoms with van der Waals surface area (Å²) in [5.74, 6) is -0.0670. The second-order valence-electron chi connectivity index (χ2n) is 3.74. The lowest BCUT2D eigenvalue weighted by molar-refractivity contribution is 0.598. The molecule has 0 heterocycles. The monoisotopic (exact) mass is 243 g/mol. The summed E-state index contributed by atoms with van der Waals surface area (Å²) < 4.78 is 21.4. The summed E-state index contributed by atoms with van der Waals surface area (Å²) in [6.07, 6.45) is 0. The highest BCUT2D eigenvalue weighted by Gasteiger charge is 2.01. The molecule has 0 saturated carbocycles. The normalized spacial score (nSPS) is 11.2. The van der Waals surface area contributed by atoms with Crippen LogP contribution in [0, 0.1) is 0 Å². The van der Waals surface area contributed by atoms with E-state index in [0.717, 1.165) is 11.4 Å². The highest BCUT2D eigenvalue weighted by Crippen LogP contribution is 2.15. The second-order valence-corrected chi connectivity index (χ2v) is 5.47. The second kappa shape index (κ2) is 5.18. The number of benzene rings is 1. The van der Waals surface area contributed by atoms with Crippen LogP contribution in [0.1, 0.15) is 0 Å². The van der Waals surface area contributed by atoms with Crippen molar-refractivity contribution in [3.8, 4) is 0 Å². The quantitative estimate of drug-likeness (QED) is 0.787. The standard InChI is InChI=1S/C10H17N3O2S/c1-13(2)10-5-3-9(4-6-10)12-7-8-16(11,14)15/h3-6,12H,7-8H2,1-2H3,(H2,11,14,15). The number of primary sulfonamides is 1. The third kappa shape index (κ3) is 4.50. The molecule has 0 atom stereocenters. The maximum atomic E-state index is 10.7. The zero-order chi connectivity index (χ0) is 12.2. The van der Waals surface area contributed by atoms with Crippen LogP contribution < -0.4 is 15.4 Å². The first-order valence-corrected chi connectivity index (χ1v) is 6.62. The number of nitrogens with zero attached hydrogens (tertiary/aromatic N) is 1. The zero-order valence-electron chi connectivity index (χ0n) is 9.47. The molecule has 0 amide bonds. The molecule has 3 N–H and O–H groups in total. The fourth-order valence-corrected chi connectivity index (χ4v) is 1.60. The minimum absolute atomic E-state index is 0.0670. The molecule has 0 spiro atoms. The number of rotatable bonds is 5. The van der Waals surface area contributed by atoms with Gasteiger partial charge >= 0.3 is 0 Å². The van der Waals surface area contributed by atoms with Crippen molar-refractivity contribution in [2.75, 3.05) is 36.6 Å². The third-order valence-corrected chi connectivity index (χ3v) is 2.87. The average Bonchev–Trinajstić information content (AvgIpc) is 2.16. The molecule has 90 valence electrons. The highest BCUT2D eigenvalue weighted by atomic mass is 32.2. The van der Waals surface area contributed by atoms with Crippen LogP contribution in [0.25, 0.3) is 0 Å². The van der Waals surface area contributed by atoms with Crippen LogP contribution in [-0.2, 0) is 10.0 Å². The summed E-state index contributed by atoms with van der Waals surface area (Å²) in [6.45, 7) is 0.320. The Hall–Kier alpha value is -1.27. The Morgan fingerprint density at radius 1 is 1.25 bits per heavy atom. The first-order valence-electron chi connectivity index (χ1n) is 4.90. The minimum atomic E-state index is -3.39. The van der Waals surface area contributed by atoms with Gasteiger partial charge in [0.15, 0.2) is 0 Å². The Bertz CT molecular complexity index is 426. The van der Waals surface area contributed by atoms with Crippen LogP contribution in [-0.4, -0.2) is 34.8 Å². The van der Waals surface area contributed by atoms with Gasteiger partial charge in [-0.25, -0.2) is 13.6 Å². The molecule has 0 unspecified atom stereocenters. The number of hydrogen-bond acceptors (Lipinski definition) is 4. The molecule has 0 fully saturated rings. The van der Waals surface area contributed by atoms with Gasteiger partial charge in [0, 0.05) is 32.0 Å². The van der Waals surface area contributed by atoms with Gasteiger partial charge in [0.05, 0.1) is 5.75 Å². The van der Waals surface area contributed by atoms with E-state index >= 15 is 0 Å². The molecule has 0 aliphatic rings. The van der Waals surface area contributed by atoms with Gasteiger partial charge in [0.2, 0.25) is 10.0 Å². The predicted octanol–water partition coefficient (Wildman–Crippen LogP) is 0.453. The van der Waals surface area contributed by atoms with E-state index in [1.165, 1.54) is 0 Å². The Morgan fingerprint density at radius 2 is 1.81 bits per heavy atom. The Labute approximate surface area is 96.3 Å². The lowest BCUT2D eigenvalue weighted by Gasteiger charge is -2.13. The van der Waals surface area contributed by atoms with Crippen molar-refractivity contribution >= 4 is 21.4 Å². The van der Waals surface area contributed by atoms with E-state index in [-0.39, 0.29) is 5.75 Å². The van der Waals surface area contributed by atoms with E-state index in [1.807, 2.05) is 43.3 Å². The van der Waals surface area contributed by atoms with Gasteiger partial charge in [-0.1, -0.05) is 0 Å². The number of nitrogens with two attached hydrogens (primary N) is 1. The SMILES string of the molecule is CN(C)c1ccc(NCCS(N)(=O)=O)cc1. The van der Waals surface area contributed by atoms with Crippen molar-refractivity contribution in [2.24, 2.45) is 5.14 Å².